The van der Waals surface area contributed by atoms with Crippen LogP contribution in [0.1, 0.15) is 152 Å². The predicted octanol–water partition coefficient (Wildman–Crippen LogP) is 11.8. The van der Waals surface area contributed by atoms with Crippen LogP contribution in [0.25, 0.3) is 0 Å². The van der Waals surface area contributed by atoms with Crippen LogP contribution in [0.3, 0.4) is 0 Å². The molecule has 0 unspecified atom stereocenters. The minimum absolute atomic E-state index is 0.0200. The summed E-state index contributed by atoms with van der Waals surface area (Å²) in [5.41, 5.74) is 4.43. The van der Waals surface area contributed by atoms with Crippen LogP contribution in [0, 0.1) is 0 Å². The first-order valence-electron chi connectivity index (χ1n) is 25.1. The van der Waals surface area contributed by atoms with Gasteiger partial charge in [-0.05, 0) is 85.0 Å². The van der Waals surface area contributed by atoms with Crippen LogP contribution >= 0.6 is 0 Å². The minimum atomic E-state index is -0.381. The van der Waals surface area contributed by atoms with Gasteiger partial charge < -0.3 is 30.7 Å². The lowest BCUT2D eigenvalue weighted by Crippen LogP contribution is -2.46. The van der Waals surface area contributed by atoms with Gasteiger partial charge in [0.2, 0.25) is 11.8 Å². The molecule has 0 aliphatic rings. The lowest BCUT2D eigenvalue weighted by molar-refractivity contribution is -0.124. The Bertz CT molecular complexity index is 1620. The zero-order chi connectivity index (χ0) is 45.1. The molecule has 0 radical (unpaired) electrons. The number of amides is 2. The summed E-state index contributed by atoms with van der Waals surface area (Å²) < 4.78 is 12.0. The van der Waals surface area contributed by atoms with Gasteiger partial charge in [0.05, 0.1) is 25.3 Å². The van der Waals surface area contributed by atoms with Crippen molar-refractivity contribution < 1.29 is 19.1 Å². The molecule has 0 aliphatic carbocycles. The molecule has 0 bridgehead atoms. The quantitative estimate of drug-likeness (QED) is 0.0337. The van der Waals surface area contributed by atoms with E-state index in [9.17, 15) is 9.59 Å². The summed E-state index contributed by atoms with van der Waals surface area (Å²) in [5, 5.41) is 13.3. The SMILES string of the molecule is CCCCCCCCCCOc1ccc(CN[C@@H](Cc2ccccc2)C(=O)NCCCCNC(=O)[C@H](Cc2ccccc2)NCc2ccc(OCCCCCCCCCC)cc2)cc1. The van der Waals surface area contributed by atoms with E-state index in [0.29, 0.717) is 39.0 Å². The van der Waals surface area contributed by atoms with Gasteiger partial charge in [-0.25, -0.2) is 0 Å². The van der Waals surface area contributed by atoms with Crippen molar-refractivity contribution in [3.8, 4) is 11.5 Å². The predicted molar refractivity (Wildman–Crippen MR) is 266 cm³/mol. The fourth-order valence-electron chi connectivity index (χ4n) is 7.88. The van der Waals surface area contributed by atoms with Gasteiger partial charge in [-0.3, -0.25) is 9.59 Å². The van der Waals surface area contributed by atoms with Crippen LogP contribution in [0.15, 0.2) is 109 Å². The Labute approximate surface area is 387 Å². The van der Waals surface area contributed by atoms with E-state index in [2.05, 4.69) is 83.6 Å². The second-order valence-electron chi connectivity index (χ2n) is 17.5. The first-order chi connectivity index (χ1) is 31.5. The molecule has 0 aromatic heterocycles. The largest absolute Gasteiger partial charge is 0.494 e. The number of rotatable bonds is 37. The number of hydrogen-bond acceptors (Lipinski definition) is 6. The Balaban J connectivity index is 1.15. The van der Waals surface area contributed by atoms with Gasteiger partial charge in [0, 0.05) is 26.2 Å². The highest BCUT2D eigenvalue weighted by molar-refractivity contribution is 5.82. The van der Waals surface area contributed by atoms with Crippen LogP contribution in [-0.4, -0.2) is 50.2 Å². The highest BCUT2D eigenvalue weighted by Gasteiger charge is 2.20. The summed E-state index contributed by atoms with van der Waals surface area (Å²) in [5.74, 6) is 1.74. The van der Waals surface area contributed by atoms with Crippen molar-refractivity contribution in [1.29, 1.82) is 0 Å². The second-order valence-corrected chi connectivity index (χ2v) is 17.5. The maximum absolute atomic E-state index is 13.5. The number of nitrogens with one attached hydrogen (secondary N) is 4. The molecule has 0 aliphatic heterocycles. The normalized spacial score (nSPS) is 12.1. The van der Waals surface area contributed by atoms with E-state index in [1.54, 1.807) is 0 Å². The zero-order valence-electron chi connectivity index (χ0n) is 39.6. The van der Waals surface area contributed by atoms with Crippen molar-refractivity contribution in [1.82, 2.24) is 21.3 Å². The topological polar surface area (TPSA) is 101 Å². The highest BCUT2D eigenvalue weighted by atomic mass is 16.5. The number of hydrogen-bond donors (Lipinski definition) is 4. The average molecular weight is 875 g/mol. The van der Waals surface area contributed by atoms with Crippen LogP contribution in [0.4, 0.5) is 0 Å². The summed E-state index contributed by atoms with van der Waals surface area (Å²) in [6.45, 7) is 8.24. The van der Waals surface area contributed by atoms with Gasteiger partial charge >= 0.3 is 0 Å². The van der Waals surface area contributed by atoms with Crippen LogP contribution in [0.5, 0.6) is 11.5 Å². The minimum Gasteiger partial charge on any atom is -0.494 e. The molecular weight excluding hydrogens is 793 g/mol. The van der Waals surface area contributed by atoms with Crippen LogP contribution < -0.4 is 30.7 Å². The van der Waals surface area contributed by atoms with E-state index in [0.717, 1.165) is 72.6 Å². The zero-order valence-corrected chi connectivity index (χ0v) is 39.6. The molecule has 8 heteroatoms. The Morgan fingerprint density at radius 1 is 0.406 bits per heavy atom. The van der Waals surface area contributed by atoms with E-state index in [4.69, 9.17) is 9.47 Å². The van der Waals surface area contributed by atoms with Gasteiger partial charge in [-0.2, -0.15) is 0 Å². The maximum Gasteiger partial charge on any atom is 0.237 e. The number of carbonyl (C=O) groups is 2. The molecule has 0 spiro atoms. The Morgan fingerprint density at radius 3 is 1.11 bits per heavy atom. The van der Waals surface area contributed by atoms with Gasteiger partial charge in [-0.15, -0.1) is 0 Å². The Hall–Kier alpha value is -4.66. The average Bonchev–Trinajstić information content (AvgIpc) is 3.33. The van der Waals surface area contributed by atoms with E-state index in [1.165, 1.54) is 89.9 Å². The fourth-order valence-corrected chi connectivity index (χ4v) is 7.88. The summed E-state index contributed by atoms with van der Waals surface area (Å²) in [4.78, 5) is 27.1. The number of ether oxygens (including phenoxy) is 2. The van der Waals surface area contributed by atoms with Crippen molar-refractivity contribution in [2.75, 3.05) is 26.3 Å². The smallest absolute Gasteiger partial charge is 0.237 e. The van der Waals surface area contributed by atoms with Crippen LogP contribution in [0.2, 0.25) is 0 Å². The molecule has 8 nitrogen and oxygen atoms in total. The van der Waals surface area contributed by atoms with Crippen molar-refractivity contribution in [2.45, 2.75) is 167 Å². The van der Waals surface area contributed by atoms with E-state index in [1.807, 2.05) is 60.7 Å². The molecule has 4 rings (SSSR count). The molecule has 0 saturated carbocycles. The first kappa shape index (κ1) is 52.0. The first-order valence-corrected chi connectivity index (χ1v) is 25.1. The third-order valence-corrected chi connectivity index (χ3v) is 11.9. The van der Waals surface area contributed by atoms with E-state index < -0.39 is 0 Å². The van der Waals surface area contributed by atoms with Crippen molar-refractivity contribution in [3.05, 3.63) is 131 Å². The molecule has 4 aromatic rings. The molecule has 64 heavy (non-hydrogen) atoms. The standard InChI is InChI=1S/C56H82N4O4/c1-3-5-7-9-11-13-15-25-41-63-51-35-31-49(32-36-51)45-59-53(43-47-27-19-17-20-28-47)55(61)57-39-23-24-40-58-56(62)54(44-48-29-21-18-22-30-48)60-46-50-33-37-52(38-34-50)64-42-26-16-14-12-10-8-6-4-2/h17-22,27-38,53-54,59-60H,3-16,23-26,39-46H2,1-2H3,(H,57,61)(H,58,62)/t53-,54-/m0/s1. The highest BCUT2D eigenvalue weighted by Crippen LogP contribution is 2.17. The molecule has 2 atom stereocenters. The summed E-state index contributed by atoms with van der Waals surface area (Å²) >= 11 is 0. The third-order valence-electron chi connectivity index (χ3n) is 11.9. The molecule has 0 saturated heterocycles. The Kier molecular flexibility index (Phi) is 27.4. The summed E-state index contributed by atoms with van der Waals surface area (Å²) in [6, 6.07) is 35.9. The fraction of sp³-hybridized carbons (Fsp3) is 0.536. The third kappa shape index (κ3) is 23.3. The molecule has 4 aromatic carbocycles. The lowest BCUT2D eigenvalue weighted by atomic mass is 10.0. The van der Waals surface area contributed by atoms with E-state index in [-0.39, 0.29) is 23.9 Å². The monoisotopic (exact) mass is 875 g/mol. The molecule has 2 amide bonds. The van der Waals surface area contributed by atoms with Crippen LogP contribution in [-0.2, 0) is 35.5 Å². The Morgan fingerprint density at radius 2 is 0.750 bits per heavy atom. The molecule has 4 N–H and O–H groups in total. The van der Waals surface area contributed by atoms with Gasteiger partial charge in [-0.1, -0.05) is 189 Å². The van der Waals surface area contributed by atoms with Gasteiger partial charge in [0.15, 0.2) is 0 Å². The number of unbranched alkanes of at least 4 members (excludes halogenated alkanes) is 15. The van der Waals surface area contributed by atoms with Crippen molar-refractivity contribution in [3.63, 3.8) is 0 Å². The number of benzene rings is 4. The van der Waals surface area contributed by atoms with E-state index >= 15 is 0 Å². The maximum atomic E-state index is 13.5. The van der Waals surface area contributed by atoms with Crippen molar-refractivity contribution in [2.24, 2.45) is 0 Å². The number of carbonyl (C=O) groups excluding carboxylic acids is 2. The molecule has 0 fully saturated rings. The van der Waals surface area contributed by atoms with Gasteiger partial charge in [0.1, 0.15) is 11.5 Å². The molecule has 350 valence electrons. The molecular formula is C56H82N4O4. The van der Waals surface area contributed by atoms with Crippen molar-refractivity contribution >= 4 is 11.8 Å². The second kappa shape index (κ2) is 33.8. The lowest BCUT2D eigenvalue weighted by Gasteiger charge is -2.20. The van der Waals surface area contributed by atoms with Gasteiger partial charge in [0.25, 0.3) is 0 Å². The summed E-state index contributed by atoms with van der Waals surface area (Å²) in [6.07, 6.45) is 23.2. The molecule has 0 heterocycles. The summed E-state index contributed by atoms with van der Waals surface area (Å²) in [7, 11) is 0.